The highest BCUT2D eigenvalue weighted by atomic mass is 32.2. The molecule has 1 aliphatic heterocycles. The number of benzene rings is 2. The lowest BCUT2D eigenvalue weighted by Crippen LogP contribution is -2.21. The molecule has 2 heterocycles. The number of aromatic nitrogens is 2. The largest absolute Gasteiger partial charge is 0.485 e. The van der Waals surface area contributed by atoms with Gasteiger partial charge in [-0.2, -0.15) is 0 Å². The van der Waals surface area contributed by atoms with Crippen LogP contribution in [0.1, 0.15) is 17.9 Å². The van der Waals surface area contributed by atoms with Crippen molar-refractivity contribution in [2.75, 3.05) is 12.4 Å². The fraction of sp³-hybridized carbons (Fsp3) is 0.211. The second kappa shape index (κ2) is 8.13. The van der Waals surface area contributed by atoms with E-state index in [4.69, 9.17) is 18.6 Å². The number of rotatable bonds is 6. The van der Waals surface area contributed by atoms with Crippen LogP contribution in [0.25, 0.3) is 0 Å². The van der Waals surface area contributed by atoms with Gasteiger partial charge in [0.05, 0.1) is 5.75 Å². The normalized spacial score (nSPS) is 15.3. The molecule has 0 saturated carbocycles. The van der Waals surface area contributed by atoms with Crippen LogP contribution in [-0.2, 0) is 16.1 Å². The van der Waals surface area contributed by atoms with Gasteiger partial charge in [-0.15, -0.1) is 22.0 Å². The number of carbonyl (C=O) groups excluding carboxylic acids is 1. The average molecular weight is 384 g/mol. The minimum atomic E-state index is -0.495. The van der Waals surface area contributed by atoms with E-state index in [-0.39, 0.29) is 36.7 Å². The number of esters is 1. The fourth-order valence-corrected chi connectivity index (χ4v) is 3.16. The first kappa shape index (κ1) is 17.4. The molecule has 0 saturated heterocycles. The van der Waals surface area contributed by atoms with Crippen molar-refractivity contribution in [1.29, 1.82) is 0 Å². The SMILES string of the molecule is O=C(CSc1ccccc1)OCc1nnc(C2COc3ccccc3O2)o1. The Hall–Kier alpha value is -3.00. The summed E-state index contributed by atoms with van der Waals surface area (Å²) < 4.78 is 22.2. The fourth-order valence-electron chi connectivity index (χ4n) is 2.44. The molecule has 8 heteroatoms. The Morgan fingerprint density at radius 2 is 1.85 bits per heavy atom. The number of ether oxygens (including phenoxy) is 3. The molecule has 1 aliphatic rings. The second-order valence-corrected chi connectivity index (χ2v) is 6.71. The van der Waals surface area contributed by atoms with Gasteiger partial charge >= 0.3 is 5.97 Å². The van der Waals surface area contributed by atoms with Gasteiger partial charge in [0.25, 0.3) is 11.8 Å². The van der Waals surface area contributed by atoms with Gasteiger partial charge in [0.15, 0.2) is 18.1 Å². The minimum absolute atomic E-state index is 0.0780. The Labute approximate surface area is 159 Å². The van der Waals surface area contributed by atoms with E-state index < -0.39 is 6.10 Å². The highest BCUT2D eigenvalue weighted by Crippen LogP contribution is 2.35. The van der Waals surface area contributed by atoms with Crippen molar-refractivity contribution in [1.82, 2.24) is 10.2 Å². The first-order valence-corrected chi connectivity index (χ1v) is 9.31. The smallest absolute Gasteiger partial charge is 0.316 e. The topological polar surface area (TPSA) is 83.7 Å². The van der Waals surface area contributed by atoms with E-state index in [0.717, 1.165) is 4.90 Å². The molecule has 4 rings (SSSR count). The van der Waals surface area contributed by atoms with Crippen LogP contribution in [0.5, 0.6) is 11.5 Å². The van der Waals surface area contributed by atoms with Crippen LogP contribution in [0.15, 0.2) is 63.9 Å². The van der Waals surface area contributed by atoms with Crippen molar-refractivity contribution in [2.24, 2.45) is 0 Å². The van der Waals surface area contributed by atoms with Gasteiger partial charge in [-0.25, -0.2) is 0 Å². The van der Waals surface area contributed by atoms with E-state index in [9.17, 15) is 4.79 Å². The van der Waals surface area contributed by atoms with E-state index in [0.29, 0.717) is 11.5 Å². The van der Waals surface area contributed by atoms with Gasteiger partial charge in [-0.05, 0) is 24.3 Å². The van der Waals surface area contributed by atoms with Crippen molar-refractivity contribution in [3.63, 3.8) is 0 Å². The van der Waals surface area contributed by atoms with Gasteiger partial charge in [0, 0.05) is 4.90 Å². The first-order valence-electron chi connectivity index (χ1n) is 8.32. The second-order valence-electron chi connectivity index (χ2n) is 5.66. The molecular formula is C19H16N2O5S. The van der Waals surface area contributed by atoms with Crippen molar-refractivity contribution >= 4 is 17.7 Å². The van der Waals surface area contributed by atoms with Crippen LogP contribution < -0.4 is 9.47 Å². The summed E-state index contributed by atoms with van der Waals surface area (Å²) in [7, 11) is 0. The number of para-hydroxylation sites is 2. The molecule has 1 atom stereocenters. The van der Waals surface area contributed by atoms with Gasteiger partial charge in [-0.3, -0.25) is 4.79 Å². The number of fused-ring (bicyclic) bond motifs is 1. The number of nitrogens with zero attached hydrogens (tertiary/aromatic N) is 2. The lowest BCUT2D eigenvalue weighted by atomic mass is 10.2. The van der Waals surface area contributed by atoms with Crippen LogP contribution in [-0.4, -0.2) is 28.5 Å². The third kappa shape index (κ3) is 4.40. The number of hydrogen-bond donors (Lipinski definition) is 0. The predicted molar refractivity (Wildman–Crippen MR) is 96.6 cm³/mol. The Morgan fingerprint density at radius 1 is 1.07 bits per heavy atom. The van der Waals surface area contributed by atoms with Crippen molar-refractivity contribution in [3.05, 3.63) is 66.4 Å². The standard InChI is InChI=1S/C19H16N2O5S/c22-18(12-27-13-6-2-1-3-7-13)24-11-17-20-21-19(26-17)16-10-23-14-8-4-5-9-15(14)25-16/h1-9,16H,10-12H2. The maximum absolute atomic E-state index is 11.9. The van der Waals surface area contributed by atoms with Gasteiger partial charge in [0.1, 0.15) is 6.61 Å². The monoisotopic (exact) mass is 384 g/mol. The van der Waals surface area contributed by atoms with E-state index >= 15 is 0 Å². The highest BCUT2D eigenvalue weighted by Gasteiger charge is 2.27. The Bertz CT molecular complexity index is 915. The van der Waals surface area contributed by atoms with Crippen LogP contribution in [0.4, 0.5) is 0 Å². The highest BCUT2D eigenvalue weighted by molar-refractivity contribution is 8.00. The van der Waals surface area contributed by atoms with Gasteiger partial charge in [-0.1, -0.05) is 30.3 Å². The summed E-state index contributed by atoms with van der Waals surface area (Å²) in [6.07, 6.45) is -0.495. The molecule has 1 aromatic heterocycles. The Morgan fingerprint density at radius 3 is 2.70 bits per heavy atom. The number of carbonyl (C=O) groups is 1. The summed E-state index contributed by atoms with van der Waals surface area (Å²) >= 11 is 1.41. The molecule has 0 N–H and O–H groups in total. The molecule has 1 unspecified atom stereocenters. The molecule has 7 nitrogen and oxygen atoms in total. The van der Waals surface area contributed by atoms with Crippen LogP contribution in [0.3, 0.4) is 0 Å². The molecule has 0 aliphatic carbocycles. The van der Waals surface area contributed by atoms with E-state index in [1.807, 2.05) is 54.6 Å². The molecule has 27 heavy (non-hydrogen) atoms. The summed E-state index contributed by atoms with van der Waals surface area (Å²) in [5, 5.41) is 7.87. The third-order valence-corrected chi connectivity index (χ3v) is 4.71. The maximum Gasteiger partial charge on any atom is 0.316 e. The van der Waals surface area contributed by atoms with Crippen molar-refractivity contribution in [3.8, 4) is 11.5 Å². The zero-order chi connectivity index (χ0) is 18.5. The van der Waals surface area contributed by atoms with Crippen molar-refractivity contribution < 1.29 is 23.4 Å². The quantitative estimate of drug-likeness (QED) is 0.472. The molecular weight excluding hydrogens is 368 g/mol. The molecule has 0 radical (unpaired) electrons. The number of thioether (sulfide) groups is 1. The zero-order valence-electron chi connectivity index (χ0n) is 14.2. The lowest BCUT2D eigenvalue weighted by Gasteiger charge is -2.23. The summed E-state index contributed by atoms with van der Waals surface area (Å²) in [6.45, 7) is 0.192. The summed E-state index contributed by atoms with van der Waals surface area (Å²) in [5.41, 5.74) is 0. The average Bonchev–Trinajstić information content (AvgIpc) is 3.20. The van der Waals surface area contributed by atoms with Crippen LogP contribution >= 0.6 is 11.8 Å². The molecule has 138 valence electrons. The summed E-state index contributed by atoms with van der Waals surface area (Å²) in [4.78, 5) is 12.9. The maximum atomic E-state index is 11.9. The first-order chi connectivity index (χ1) is 13.3. The molecule has 0 fully saturated rings. The minimum Gasteiger partial charge on any atom is -0.485 e. The molecule has 3 aromatic rings. The zero-order valence-corrected chi connectivity index (χ0v) is 15.1. The Kier molecular flexibility index (Phi) is 5.24. The van der Waals surface area contributed by atoms with Crippen molar-refractivity contribution in [2.45, 2.75) is 17.6 Å². The molecule has 0 spiro atoms. The lowest BCUT2D eigenvalue weighted by molar-refractivity contribution is -0.142. The van der Waals surface area contributed by atoms with Gasteiger partial charge < -0.3 is 18.6 Å². The molecule has 0 bridgehead atoms. The number of hydrogen-bond acceptors (Lipinski definition) is 8. The Balaban J connectivity index is 1.28. The van der Waals surface area contributed by atoms with E-state index in [1.165, 1.54) is 11.8 Å². The van der Waals surface area contributed by atoms with Crippen LogP contribution in [0, 0.1) is 0 Å². The van der Waals surface area contributed by atoms with Gasteiger partial charge in [0.2, 0.25) is 6.10 Å². The molecule has 2 aromatic carbocycles. The molecule has 0 amide bonds. The summed E-state index contributed by atoms with van der Waals surface area (Å²) in [6, 6.07) is 17.0. The third-order valence-electron chi connectivity index (χ3n) is 3.72. The van der Waals surface area contributed by atoms with E-state index in [2.05, 4.69) is 10.2 Å². The van der Waals surface area contributed by atoms with E-state index in [1.54, 1.807) is 0 Å². The van der Waals surface area contributed by atoms with Crippen LogP contribution in [0.2, 0.25) is 0 Å². The predicted octanol–water partition coefficient (Wildman–Crippen LogP) is 3.42. The summed E-state index contributed by atoms with van der Waals surface area (Å²) in [5.74, 6) is 1.66.